The number of rotatable bonds is 6. The van der Waals surface area contributed by atoms with Gasteiger partial charge in [0, 0.05) is 34.4 Å². The second-order valence-electron chi connectivity index (χ2n) is 10.2. The number of carbonyl (C=O) groups is 1. The lowest BCUT2D eigenvalue weighted by atomic mass is 9.80. The number of methoxy groups -OCH3 is 1. The van der Waals surface area contributed by atoms with Crippen LogP contribution in [0.4, 0.5) is 0 Å². The zero-order valence-electron chi connectivity index (χ0n) is 22.0. The maximum atomic E-state index is 13.1. The minimum atomic E-state index is -0.537. The highest BCUT2D eigenvalue weighted by atomic mass is 35.5. The summed E-state index contributed by atoms with van der Waals surface area (Å²) in [6.45, 7) is 12.2. The second kappa shape index (κ2) is 9.93. The number of hydrogen-bond acceptors (Lipinski definition) is 7. The van der Waals surface area contributed by atoms with Crippen LogP contribution in [0.2, 0.25) is 0 Å². The summed E-state index contributed by atoms with van der Waals surface area (Å²) in [6, 6.07) is 6.00. The van der Waals surface area contributed by atoms with E-state index in [9.17, 15) is 4.79 Å². The maximum Gasteiger partial charge on any atom is 0.402 e. The van der Waals surface area contributed by atoms with E-state index in [1.807, 2.05) is 40.7 Å². The van der Waals surface area contributed by atoms with Gasteiger partial charge in [-0.25, -0.2) is 19.5 Å². The van der Waals surface area contributed by atoms with Gasteiger partial charge in [0.25, 0.3) is 0 Å². The number of H-pyrrole nitrogens is 1. The van der Waals surface area contributed by atoms with Gasteiger partial charge in [-0.2, -0.15) is 0 Å². The van der Waals surface area contributed by atoms with E-state index in [0.29, 0.717) is 5.75 Å². The van der Waals surface area contributed by atoms with Crippen LogP contribution in [0.25, 0.3) is 17.0 Å². The first-order valence-corrected chi connectivity index (χ1v) is 14.1. The zero-order valence-corrected chi connectivity index (χ0v) is 24.4. The Labute approximate surface area is 231 Å². The number of benzene rings is 1. The van der Waals surface area contributed by atoms with Crippen LogP contribution >= 0.6 is 21.6 Å². The summed E-state index contributed by atoms with van der Waals surface area (Å²) in [5.41, 5.74) is 6.01. The third kappa shape index (κ3) is 4.51. The van der Waals surface area contributed by atoms with Gasteiger partial charge in [0.15, 0.2) is 16.5 Å². The Balaban J connectivity index is 0.00000320. The van der Waals surface area contributed by atoms with Crippen molar-refractivity contribution in [3.05, 3.63) is 64.7 Å². The Morgan fingerprint density at radius 3 is 2.35 bits per heavy atom. The highest BCUT2D eigenvalue weighted by Gasteiger charge is 2.50. The van der Waals surface area contributed by atoms with E-state index in [1.165, 1.54) is 0 Å². The van der Waals surface area contributed by atoms with Gasteiger partial charge in [0.1, 0.15) is 17.0 Å². The molecule has 1 N–H and O–H groups in total. The number of carbonyl (C=O) groups excluding carboxylic acids is 1. The van der Waals surface area contributed by atoms with Crippen LogP contribution in [-0.4, -0.2) is 32.8 Å². The van der Waals surface area contributed by atoms with Gasteiger partial charge in [-0.3, -0.25) is 4.79 Å². The number of ether oxygens (including phenoxy) is 1. The van der Waals surface area contributed by atoms with Crippen molar-refractivity contribution in [2.24, 2.45) is 0 Å². The number of fused-ring (bicyclic) bond motifs is 2. The van der Waals surface area contributed by atoms with E-state index in [4.69, 9.17) is 9.72 Å². The van der Waals surface area contributed by atoms with Crippen LogP contribution in [0.3, 0.4) is 0 Å². The molecule has 0 saturated heterocycles. The lowest BCUT2D eigenvalue weighted by molar-refractivity contribution is -0.611. The number of hydrogen-bond donors (Lipinski definition) is 1. The Morgan fingerprint density at radius 2 is 1.70 bits per heavy atom. The molecule has 0 amide bonds. The highest BCUT2D eigenvalue weighted by Crippen LogP contribution is 2.47. The SMILES string of the molecule is COc1c(C)c[n+](-c2nc3cc4c(cc3[nH]2)C(C)(C)C(=O)C4(C)C)c(CSSc2ncccn2)c1C.[Cl-]. The molecule has 0 fully saturated rings. The molecule has 0 spiro atoms. The van der Waals surface area contributed by atoms with Crippen molar-refractivity contribution >= 4 is 38.4 Å². The molecule has 0 unspecified atom stereocenters. The minimum Gasteiger partial charge on any atom is -1.00 e. The number of halogens is 1. The summed E-state index contributed by atoms with van der Waals surface area (Å²) in [4.78, 5) is 30.2. The largest absolute Gasteiger partial charge is 1.00 e. The van der Waals surface area contributed by atoms with Crippen molar-refractivity contribution in [1.29, 1.82) is 0 Å². The third-order valence-electron chi connectivity index (χ3n) is 7.14. The Morgan fingerprint density at radius 1 is 1.05 bits per heavy atom. The molecule has 1 aliphatic carbocycles. The molecule has 10 heteroatoms. The molecule has 4 aromatic rings. The van der Waals surface area contributed by atoms with Crippen LogP contribution in [-0.2, 0) is 21.4 Å². The highest BCUT2D eigenvalue weighted by molar-refractivity contribution is 8.76. The molecule has 194 valence electrons. The minimum absolute atomic E-state index is 0. The van der Waals surface area contributed by atoms with E-state index >= 15 is 0 Å². The zero-order chi connectivity index (χ0) is 25.8. The predicted molar refractivity (Wildman–Crippen MR) is 144 cm³/mol. The summed E-state index contributed by atoms with van der Waals surface area (Å²) in [5, 5.41) is 0.726. The van der Waals surface area contributed by atoms with Crippen LogP contribution in [0.5, 0.6) is 5.75 Å². The van der Waals surface area contributed by atoms with E-state index in [0.717, 1.165) is 55.8 Å². The average Bonchev–Trinajstić information content (AvgIpc) is 3.32. The number of pyridine rings is 1. The Bertz CT molecular complexity index is 1450. The Kier molecular flexibility index (Phi) is 7.35. The maximum absolute atomic E-state index is 13.1. The molecule has 37 heavy (non-hydrogen) atoms. The standard InChI is InChI=1S/C27H30N5O2S2.ClH/c1-15-13-32(21(16(2)22(15)34-7)14-35-36-25-28-9-8-10-29-25)24-30-19-11-17-18(12-20(19)31-24)27(5,6)23(33)26(17,3)4;/h8-13H,14H2,1-7H3,(H,30,31);1H/q+1;/p-1. The first-order chi connectivity index (χ1) is 17.1. The Hall–Kier alpha value is -2.62. The number of nitrogens with one attached hydrogen (secondary N) is 1. The molecule has 0 saturated carbocycles. The second-order valence-corrected chi connectivity index (χ2v) is 12.5. The quantitative estimate of drug-likeness (QED) is 0.222. The summed E-state index contributed by atoms with van der Waals surface area (Å²) >= 11 is 0. The van der Waals surface area contributed by atoms with Gasteiger partial charge in [-0.05, 0) is 81.7 Å². The topological polar surface area (TPSA) is 84.6 Å². The predicted octanol–water partition coefficient (Wildman–Crippen LogP) is 2.34. The van der Waals surface area contributed by atoms with Crippen LogP contribution in [0.15, 0.2) is 41.9 Å². The molecular formula is C27H30ClN5O2S2. The molecule has 0 bridgehead atoms. The number of aryl methyl sites for hydroxylation is 1. The van der Waals surface area contributed by atoms with Gasteiger partial charge in [0.2, 0.25) is 0 Å². The van der Waals surface area contributed by atoms with Gasteiger partial charge in [-0.15, -0.1) is 0 Å². The van der Waals surface area contributed by atoms with Crippen molar-refractivity contribution < 1.29 is 26.5 Å². The van der Waals surface area contributed by atoms with Crippen molar-refractivity contribution in [1.82, 2.24) is 19.9 Å². The molecule has 1 aliphatic rings. The summed E-state index contributed by atoms with van der Waals surface area (Å²) in [5.74, 6) is 2.56. The third-order valence-corrected chi connectivity index (χ3v) is 9.16. The van der Waals surface area contributed by atoms with Crippen LogP contribution in [0.1, 0.15) is 55.6 Å². The fourth-order valence-corrected chi connectivity index (χ4v) is 7.23. The molecule has 1 aromatic carbocycles. The van der Waals surface area contributed by atoms with E-state index < -0.39 is 10.8 Å². The number of aromatic amines is 1. The van der Waals surface area contributed by atoms with Gasteiger partial charge >= 0.3 is 5.95 Å². The average molecular weight is 556 g/mol. The lowest BCUT2D eigenvalue weighted by Gasteiger charge is -2.21. The van der Waals surface area contributed by atoms with E-state index in [2.05, 4.69) is 44.8 Å². The first kappa shape index (κ1) is 27.4. The van der Waals surface area contributed by atoms with Crippen molar-refractivity contribution in [3.63, 3.8) is 0 Å². The van der Waals surface area contributed by atoms with Crippen molar-refractivity contribution in [2.75, 3.05) is 7.11 Å². The number of Topliss-reactive ketones (excluding diaryl/α,β-unsaturated/α-hetero) is 1. The number of imidazole rings is 1. The van der Waals surface area contributed by atoms with Crippen LogP contribution < -0.4 is 21.7 Å². The number of ketones is 1. The van der Waals surface area contributed by atoms with Gasteiger partial charge in [-0.1, -0.05) is 15.8 Å². The van der Waals surface area contributed by atoms with E-state index in [-0.39, 0.29) is 18.2 Å². The fourth-order valence-electron chi connectivity index (χ4n) is 5.30. The monoisotopic (exact) mass is 555 g/mol. The molecule has 0 radical (unpaired) electrons. The number of nitrogens with zero attached hydrogens (tertiary/aromatic N) is 4. The summed E-state index contributed by atoms with van der Waals surface area (Å²) in [6.07, 6.45) is 5.56. The molecule has 3 heterocycles. The number of aromatic nitrogens is 5. The smallest absolute Gasteiger partial charge is 0.402 e. The van der Waals surface area contributed by atoms with Gasteiger partial charge < -0.3 is 17.1 Å². The summed E-state index contributed by atoms with van der Waals surface area (Å²) in [7, 11) is 4.92. The van der Waals surface area contributed by atoms with Crippen LogP contribution in [0, 0.1) is 13.8 Å². The molecular weight excluding hydrogens is 526 g/mol. The molecule has 7 nitrogen and oxygen atoms in total. The van der Waals surface area contributed by atoms with Crippen molar-refractivity contribution in [2.45, 2.75) is 63.3 Å². The van der Waals surface area contributed by atoms with E-state index in [1.54, 1.807) is 41.1 Å². The lowest BCUT2D eigenvalue weighted by Crippen LogP contribution is -3.00. The molecule has 5 rings (SSSR count). The molecule has 0 atom stereocenters. The summed E-state index contributed by atoms with van der Waals surface area (Å²) < 4.78 is 7.83. The molecule has 3 aromatic heterocycles. The normalized spacial score (nSPS) is 15.5. The molecule has 0 aliphatic heterocycles. The fraction of sp³-hybridized carbons (Fsp3) is 0.370. The van der Waals surface area contributed by atoms with Gasteiger partial charge in [0.05, 0.1) is 19.1 Å². The van der Waals surface area contributed by atoms with Crippen molar-refractivity contribution in [3.8, 4) is 11.7 Å². The first-order valence-electron chi connectivity index (χ1n) is 11.8.